The largest absolute Gasteiger partial charge is 0.459 e. The maximum Gasteiger partial charge on any atom is 0.291 e. The molecule has 0 aliphatic heterocycles. The molecule has 0 bridgehead atoms. The van der Waals surface area contributed by atoms with Gasteiger partial charge >= 0.3 is 0 Å². The van der Waals surface area contributed by atoms with E-state index >= 15 is 0 Å². The summed E-state index contributed by atoms with van der Waals surface area (Å²) in [4.78, 5) is 24.3. The first-order chi connectivity index (χ1) is 13.7. The van der Waals surface area contributed by atoms with Gasteiger partial charge in [0.1, 0.15) is 5.52 Å². The maximum atomic E-state index is 12.3. The summed E-state index contributed by atoms with van der Waals surface area (Å²) in [5, 5.41) is 13.7. The lowest BCUT2D eigenvalue weighted by Crippen LogP contribution is -2.15. The van der Waals surface area contributed by atoms with Gasteiger partial charge in [-0.25, -0.2) is 4.68 Å². The van der Waals surface area contributed by atoms with Crippen molar-refractivity contribution in [3.05, 3.63) is 72.7 Å². The van der Waals surface area contributed by atoms with Gasteiger partial charge in [-0.1, -0.05) is 23.4 Å². The molecule has 28 heavy (non-hydrogen) atoms. The number of hydrogen-bond donors (Lipinski definition) is 2. The molecule has 2 amide bonds. The zero-order valence-electron chi connectivity index (χ0n) is 14.8. The highest BCUT2D eigenvalue weighted by Gasteiger charge is 2.10. The van der Waals surface area contributed by atoms with Crippen LogP contribution in [0.1, 0.15) is 17.0 Å². The van der Waals surface area contributed by atoms with Crippen LogP contribution in [0.4, 0.5) is 11.4 Å². The second-order valence-corrected chi connectivity index (χ2v) is 6.11. The van der Waals surface area contributed by atoms with Gasteiger partial charge in [-0.3, -0.25) is 9.59 Å². The molecule has 0 atom stereocenters. The van der Waals surface area contributed by atoms with E-state index in [-0.39, 0.29) is 24.0 Å². The van der Waals surface area contributed by atoms with Crippen molar-refractivity contribution >= 4 is 34.2 Å². The second kappa shape index (κ2) is 7.75. The van der Waals surface area contributed by atoms with Gasteiger partial charge in [0.25, 0.3) is 5.91 Å². The van der Waals surface area contributed by atoms with Gasteiger partial charge in [0.2, 0.25) is 5.91 Å². The van der Waals surface area contributed by atoms with Gasteiger partial charge in [0.15, 0.2) is 5.76 Å². The third kappa shape index (κ3) is 3.90. The van der Waals surface area contributed by atoms with Gasteiger partial charge in [-0.05, 0) is 42.5 Å². The normalized spacial score (nSPS) is 10.7. The number of hydrogen-bond acceptors (Lipinski definition) is 5. The summed E-state index contributed by atoms with van der Waals surface area (Å²) in [5.74, 6) is -0.296. The Labute approximate surface area is 160 Å². The number of fused-ring (bicyclic) bond motifs is 1. The fourth-order valence-corrected chi connectivity index (χ4v) is 2.79. The van der Waals surface area contributed by atoms with Crippen LogP contribution < -0.4 is 10.6 Å². The predicted octanol–water partition coefficient (Wildman–Crippen LogP) is 3.31. The Morgan fingerprint density at radius 1 is 0.964 bits per heavy atom. The van der Waals surface area contributed by atoms with E-state index in [0.29, 0.717) is 17.9 Å². The lowest BCUT2D eigenvalue weighted by Gasteiger charge is -2.08. The Morgan fingerprint density at radius 2 is 1.79 bits per heavy atom. The Kier molecular flexibility index (Phi) is 4.83. The van der Waals surface area contributed by atoms with Gasteiger partial charge in [0, 0.05) is 17.8 Å². The zero-order valence-corrected chi connectivity index (χ0v) is 14.8. The highest BCUT2D eigenvalue weighted by atomic mass is 16.3. The summed E-state index contributed by atoms with van der Waals surface area (Å²) in [6, 6.07) is 17.7. The van der Waals surface area contributed by atoms with E-state index in [2.05, 4.69) is 20.9 Å². The fraction of sp³-hybridized carbons (Fsp3) is 0.100. The Balaban J connectivity index is 1.36. The number of furan rings is 1. The molecule has 0 saturated heterocycles. The Morgan fingerprint density at radius 3 is 2.61 bits per heavy atom. The molecule has 2 aromatic heterocycles. The topological polar surface area (TPSA) is 102 Å². The van der Waals surface area contributed by atoms with Crippen LogP contribution in [0.5, 0.6) is 0 Å². The number of para-hydroxylation sites is 1. The highest BCUT2D eigenvalue weighted by molar-refractivity contribution is 6.02. The molecule has 2 aromatic carbocycles. The number of carbonyl (C=O) groups is 2. The van der Waals surface area contributed by atoms with Crippen LogP contribution in [0, 0.1) is 0 Å². The minimum atomic E-state index is -0.355. The minimum absolute atomic E-state index is 0.158. The van der Waals surface area contributed by atoms with Crippen LogP contribution in [0.15, 0.2) is 71.3 Å². The maximum absolute atomic E-state index is 12.3. The molecular formula is C20H17N5O3. The average Bonchev–Trinajstić information content (AvgIpc) is 3.37. The Bertz CT molecular complexity index is 1120. The van der Waals surface area contributed by atoms with Gasteiger partial charge in [-0.2, -0.15) is 0 Å². The summed E-state index contributed by atoms with van der Waals surface area (Å²) >= 11 is 0. The number of carbonyl (C=O) groups excluding carboxylic acids is 2. The van der Waals surface area contributed by atoms with Crippen molar-refractivity contribution in [1.82, 2.24) is 15.0 Å². The first-order valence-electron chi connectivity index (χ1n) is 8.72. The van der Waals surface area contributed by atoms with E-state index in [1.165, 1.54) is 6.26 Å². The molecule has 4 aromatic rings. The summed E-state index contributed by atoms with van der Waals surface area (Å²) in [6.45, 7) is 0.418. The lowest BCUT2D eigenvalue weighted by molar-refractivity contribution is -0.116. The molecule has 4 rings (SSSR count). The van der Waals surface area contributed by atoms with E-state index in [4.69, 9.17) is 4.42 Å². The van der Waals surface area contributed by atoms with E-state index in [9.17, 15) is 9.59 Å². The summed E-state index contributed by atoms with van der Waals surface area (Å²) in [5.41, 5.74) is 2.83. The molecule has 0 spiro atoms. The third-order valence-electron chi connectivity index (χ3n) is 4.12. The molecule has 8 nitrogen and oxygen atoms in total. The van der Waals surface area contributed by atoms with Crippen LogP contribution in [0.2, 0.25) is 0 Å². The first-order valence-corrected chi connectivity index (χ1v) is 8.72. The van der Waals surface area contributed by atoms with Crippen molar-refractivity contribution in [2.45, 2.75) is 13.0 Å². The number of benzene rings is 2. The van der Waals surface area contributed by atoms with Gasteiger partial charge in [0.05, 0.1) is 18.3 Å². The summed E-state index contributed by atoms with van der Waals surface area (Å²) < 4.78 is 6.77. The molecule has 2 heterocycles. The second-order valence-electron chi connectivity index (χ2n) is 6.11. The van der Waals surface area contributed by atoms with Crippen molar-refractivity contribution in [2.24, 2.45) is 0 Å². The molecule has 0 aliphatic carbocycles. The standard InChI is InChI=1S/C20H17N5O3/c26-19(10-11-25-17-8-2-1-7-16(17)23-24-25)21-14-5-3-6-15(13-14)22-20(27)18-9-4-12-28-18/h1-9,12-13H,10-11H2,(H,21,26)(H,22,27). The number of rotatable bonds is 6. The van der Waals surface area contributed by atoms with Crippen molar-refractivity contribution in [1.29, 1.82) is 0 Å². The van der Waals surface area contributed by atoms with Gasteiger partial charge < -0.3 is 15.1 Å². The van der Waals surface area contributed by atoms with E-state index in [1.807, 2.05) is 24.3 Å². The number of aromatic nitrogens is 3. The smallest absolute Gasteiger partial charge is 0.291 e. The monoisotopic (exact) mass is 375 g/mol. The minimum Gasteiger partial charge on any atom is -0.459 e. The summed E-state index contributed by atoms with van der Waals surface area (Å²) in [6.07, 6.45) is 1.68. The van der Waals surface area contributed by atoms with Crippen LogP contribution in [0.3, 0.4) is 0 Å². The zero-order chi connectivity index (χ0) is 19.3. The SMILES string of the molecule is O=C(CCn1nnc2ccccc21)Nc1cccc(NC(=O)c2ccco2)c1. The number of nitrogens with zero attached hydrogens (tertiary/aromatic N) is 3. The molecule has 140 valence electrons. The number of aryl methyl sites for hydroxylation is 1. The molecule has 0 radical (unpaired) electrons. The summed E-state index contributed by atoms with van der Waals surface area (Å²) in [7, 11) is 0. The molecule has 2 N–H and O–H groups in total. The predicted molar refractivity (Wildman–Crippen MR) is 104 cm³/mol. The number of amides is 2. The molecule has 0 unspecified atom stereocenters. The molecule has 0 aliphatic rings. The van der Waals surface area contributed by atoms with Crippen molar-refractivity contribution < 1.29 is 14.0 Å². The van der Waals surface area contributed by atoms with Crippen LogP contribution in [-0.4, -0.2) is 26.8 Å². The quantitative estimate of drug-likeness (QED) is 0.538. The van der Waals surface area contributed by atoms with Crippen LogP contribution in [-0.2, 0) is 11.3 Å². The first kappa shape index (κ1) is 17.5. The van der Waals surface area contributed by atoms with Crippen LogP contribution in [0.25, 0.3) is 11.0 Å². The highest BCUT2D eigenvalue weighted by Crippen LogP contribution is 2.17. The van der Waals surface area contributed by atoms with E-state index in [0.717, 1.165) is 11.0 Å². The third-order valence-corrected chi connectivity index (χ3v) is 4.12. The van der Waals surface area contributed by atoms with Crippen molar-refractivity contribution in [3.63, 3.8) is 0 Å². The number of nitrogens with one attached hydrogen (secondary N) is 2. The molecular weight excluding hydrogens is 358 g/mol. The van der Waals surface area contributed by atoms with Crippen molar-refractivity contribution in [2.75, 3.05) is 10.6 Å². The molecule has 0 fully saturated rings. The van der Waals surface area contributed by atoms with Gasteiger partial charge in [-0.15, -0.1) is 5.10 Å². The molecule has 8 heteroatoms. The van der Waals surface area contributed by atoms with E-state index < -0.39 is 0 Å². The lowest BCUT2D eigenvalue weighted by atomic mass is 10.2. The molecule has 0 saturated carbocycles. The van der Waals surface area contributed by atoms with E-state index in [1.54, 1.807) is 41.1 Å². The number of anilines is 2. The Hall–Kier alpha value is -3.94. The fourth-order valence-electron chi connectivity index (χ4n) is 2.79. The van der Waals surface area contributed by atoms with Crippen molar-refractivity contribution in [3.8, 4) is 0 Å². The average molecular weight is 375 g/mol. The van der Waals surface area contributed by atoms with Crippen LogP contribution >= 0.6 is 0 Å².